The van der Waals surface area contributed by atoms with Crippen LogP contribution in [0.4, 0.5) is 13.2 Å². The smallest absolute Gasteiger partial charge is 0.381 e. The lowest BCUT2D eigenvalue weighted by atomic mass is 9.92. The zero-order chi connectivity index (χ0) is 23.0. The summed E-state index contributed by atoms with van der Waals surface area (Å²) in [6, 6.07) is -0.851. The summed E-state index contributed by atoms with van der Waals surface area (Å²) in [6.45, 7) is 7.92. The van der Waals surface area contributed by atoms with Gasteiger partial charge in [0.2, 0.25) is 11.8 Å². The van der Waals surface area contributed by atoms with Gasteiger partial charge in [-0.25, -0.2) is 0 Å². The fraction of sp³-hybridized carbons (Fsp3) is 0.909. The second-order valence-corrected chi connectivity index (χ2v) is 9.18. The molecule has 6 nitrogen and oxygen atoms in total. The van der Waals surface area contributed by atoms with E-state index in [9.17, 15) is 22.8 Å². The van der Waals surface area contributed by atoms with Gasteiger partial charge in [0.1, 0.15) is 6.04 Å². The van der Waals surface area contributed by atoms with Crippen LogP contribution in [0.1, 0.15) is 59.3 Å². The maximum absolute atomic E-state index is 13.3. The molecule has 2 aliphatic heterocycles. The molecule has 2 fully saturated rings. The van der Waals surface area contributed by atoms with E-state index in [1.54, 1.807) is 25.7 Å². The topological polar surface area (TPSA) is 67.9 Å². The number of halogens is 3. The van der Waals surface area contributed by atoms with E-state index in [0.29, 0.717) is 45.1 Å². The van der Waals surface area contributed by atoms with Gasteiger partial charge in [-0.3, -0.25) is 9.59 Å². The van der Waals surface area contributed by atoms with Gasteiger partial charge < -0.3 is 19.7 Å². The second-order valence-electron chi connectivity index (χ2n) is 9.18. The van der Waals surface area contributed by atoms with E-state index >= 15 is 0 Å². The van der Waals surface area contributed by atoms with Crippen molar-refractivity contribution in [3.63, 3.8) is 0 Å². The molecule has 2 heterocycles. The molecule has 0 aliphatic carbocycles. The molecule has 2 rings (SSSR count). The average molecular weight is 451 g/mol. The van der Waals surface area contributed by atoms with E-state index in [1.807, 2.05) is 0 Å². The summed E-state index contributed by atoms with van der Waals surface area (Å²) in [5, 5.41) is 2.81. The summed E-state index contributed by atoms with van der Waals surface area (Å²) in [5.74, 6) is -0.636. The van der Waals surface area contributed by atoms with Crippen LogP contribution in [0, 0.1) is 17.8 Å². The lowest BCUT2D eigenvalue weighted by Gasteiger charge is -2.37. The summed E-state index contributed by atoms with van der Waals surface area (Å²) < 4.78 is 49.2. The monoisotopic (exact) mass is 450 g/mol. The number of amides is 2. The van der Waals surface area contributed by atoms with Crippen LogP contribution in [0.5, 0.6) is 0 Å². The van der Waals surface area contributed by atoms with Crippen molar-refractivity contribution in [1.82, 2.24) is 10.2 Å². The Morgan fingerprint density at radius 3 is 2.42 bits per heavy atom. The Balaban J connectivity index is 1.99. The molecule has 3 unspecified atom stereocenters. The molecule has 0 radical (unpaired) electrons. The van der Waals surface area contributed by atoms with E-state index < -0.39 is 24.7 Å². The van der Waals surface area contributed by atoms with Crippen molar-refractivity contribution in [2.45, 2.75) is 77.6 Å². The Kier molecular flexibility index (Phi) is 10.1. The fourth-order valence-corrected chi connectivity index (χ4v) is 4.06. The van der Waals surface area contributed by atoms with Gasteiger partial charge in [-0.15, -0.1) is 0 Å². The number of carbonyl (C=O) groups is 2. The standard InChI is InChI=1S/C22H37F3N2O4/c1-15(2)20(28)26-19(16(3)31-14-18-7-11-30-12-8-18)21(29)27-10-4-5-17(13-27)6-9-22(23,24)25/h15-19H,4-14H2,1-3H3,(H,26,28). The van der Waals surface area contributed by atoms with Crippen LogP contribution in [0.25, 0.3) is 0 Å². The third-order valence-electron chi connectivity index (χ3n) is 6.16. The predicted octanol–water partition coefficient (Wildman–Crippen LogP) is 3.54. The Morgan fingerprint density at radius 1 is 1.13 bits per heavy atom. The first-order valence-corrected chi connectivity index (χ1v) is 11.4. The highest BCUT2D eigenvalue weighted by molar-refractivity contribution is 5.88. The van der Waals surface area contributed by atoms with Gasteiger partial charge in [0, 0.05) is 38.6 Å². The minimum atomic E-state index is -4.19. The van der Waals surface area contributed by atoms with Gasteiger partial charge in [0.15, 0.2) is 0 Å². The molecule has 2 saturated heterocycles. The summed E-state index contributed by atoms with van der Waals surface area (Å²) >= 11 is 0. The number of nitrogens with one attached hydrogen (secondary N) is 1. The Labute approximate surface area is 183 Å². The van der Waals surface area contributed by atoms with Crippen LogP contribution >= 0.6 is 0 Å². The minimum absolute atomic E-state index is 0.0199. The largest absolute Gasteiger partial charge is 0.389 e. The van der Waals surface area contributed by atoms with E-state index in [-0.39, 0.29) is 36.6 Å². The average Bonchev–Trinajstić information content (AvgIpc) is 2.74. The lowest BCUT2D eigenvalue weighted by molar-refractivity contribution is -0.145. The molecule has 0 spiro atoms. The summed E-state index contributed by atoms with van der Waals surface area (Å²) in [6.07, 6.45) is -2.40. The summed E-state index contributed by atoms with van der Waals surface area (Å²) in [7, 11) is 0. The Bertz CT molecular complexity index is 580. The molecule has 3 atom stereocenters. The number of piperidine rings is 1. The molecule has 1 N–H and O–H groups in total. The van der Waals surface area contributed by atoms with Crippen molar-refractivity contribution in [1.29, 1.82) is 0 Å². The van der Waals surface area contributed by atoms with Crippen LogP contribution in [0.3, 0.4) is 0 Å². The molecule has 0 bridgehead atoms. The van der Waals surface area contributed by atoms with Gasteiger partial charge >= 0.3 is 6.18 Å². The molecular formula is C22H37F3N2O4. The number of nitrogens with zero attached hydrogens (tertiary/aromatic N) is 1. The number of hydrogen-bond donors (Lipinski definition) is 1. The van der Waals surface area contributed by atoms with E-state index in [2.05, 4.69) is 5.32 Å². The van der Waals surface area contributed by atoms with E-state index in [1.165, 1.54) is 0 Å². The second kappa shape index (κ2) is 12.0. The highest BCUT2D eigenvalue weighted by Crippen LogP contribution is 2.29. The third kappa shape index (κ3) is 8.96. The van der Waals surface area contributed by atoms with Crippen molar-refractivity contribution in [3.05, 3.63) is 0 Å². The molecule has 180 valence electrons. The number of ether oxygens (including phenoxy) is 2. The first kappa shape index (κ1) is 25.9. The highest BCUT2D eigenvalue weighted by atomic mass is 19.4. The lowest BCUT2D eigenvalue weighted by Crippen LogP contribution is -2.56. The molecule has 0 aromatic carbocycles. The Hall–Kier alpha value is -1.35. The van der Waals surface area contributed by atoms with Gasteiger partial charge in [-0.05, 0) is 50.9 Å². The van der Waals surface area contributed by atoms with Gasteiger partial charge in [0.05, 0.1) is 12.7 Å². The first-order valence-electron chi connectivity index (χ1n) is 11.4. The molecule has 31 heavy (non-hydrogen) atoms. The number of hydrogen-bond acceptors (Lipinski definition) is 4. The normalized spacial score (nSPS) is 22.9. The number of likely N-dealkylation sites (tertiary alicyclic amines) is 1. The Morgan fingerprint density at radius 2 is 1.81 bits per heavy atom. The maximum Gasteiger partial charge on any atom is 0.389 e. The maximum atomic E-state index is 13.3. The van der Waals surface area contributed by atoms with Crippen molar-refractivity contribution < 1.29 is 32.2 Å². The van der Waals surface area contributed by atoms with Crippen LogP contribution in [-0.2, 0) is 19.1 Å². The molecule has 0 saturated carbocycles. The number of rotatable bonds is 9. The van der Waals surface area contributed by atoms with Crippen molar-refractivity contribution in [3.8, 4) is 0 Å². The van der Waals surface area contributed by atoms with E-state index in [0.717, 1.165) is 12.8 Å². The van der Waals surface area contributed by atoms with E-state index in [4.69, 9.17) is 9.47 Å². The first-order chi connectivity index (χ1) is 14.6. The minimum Gasteiger partial charge on any atom is -0.381 e. The highest BCUT2D eigenvalue weighted by Gasteiger charge is 2.36. The quantitative estimate of drug-likeness (QED) is 0.584. The molecule has 9 heteroatoms. The molecule has 0 aromatic heterocycles. The predicted molar refractivity (Wildman–Crippen MR) is 110 cm³/mol. The number of alkyl halides is 3. The van der Waals surface area contributed by atoms with Crippen LogP contribution in [-0.4, -0.2) is 67.9 Å². The number of carbonyl (C=O) groups excluding carboxylic acids is 2. The molecule has 0 aromatic rings. The van der Waals surface area contributed by atoms with Crippen molar-refractivity contribution in [2.75, 3.05) is 32.9 Å². The van der Waals surface area contributed by atoms with Crippen LogP contribution in [0.2, 0.25) is 0 Å². The third-order valence-corrected chi connectivity index (χ3v) is 6.16. The SMILES string of the molecule is CC(C)C(=O)NC(C(=O)N1CCCC(CCC(F)(F)F)C1)C(C)OCC1CCOCC1. The zero-order valence-electron chi connectivity index (χ0n) is 18.9. The van der Waals surface area contributed by atoms with Gasteiger partial charge in [-0.2, -0.15) is 13.2 Å². The van der Waals surface area contributed by atoms with Crippen molar-refractivity contribution in [2.24, 2.45) is 17.8 Å². The van der Waals surface area contributed by atoms with Crippen LogP contribution in [0.15, 0.2) is 0 Å². The molecule has 2 aliphatic rings. The van der Waals surface area contributed by atoms with Crippen molar-refractivity contribution >= 4 is 11.8 Å². The van der Waals surface area contributed by atoms with Crippen LogP contribution < -0.4 is 5.32 Å². The van der Waals surface area contributed by atoms with Gasteiger partial charge in [0.25, 0.3) is 0 Å². The fourth-order valence-electron chi connectivity index (χ4n) is 4.06. The molecular weight excluding hydrogens is 413 g/mol. The molecule has 2 amide bonds. The zero-order valence-corrected chi connectivity index (χ0v) is 18.9. The summed E-state index contributed by atoms with van der Waals surface area (Å²) in [5.41, 5.74) is 0. The summed E-state index contributed by atoms with van der Waals surface area (Å²) in [4.78, 5) is 27.2. The van der Waals surface area contributed by atoms with Gasteiger partial charge in [-0.1, -0.05) is 13.8 Å².